The fraction of sp³-hybridized carbons (Fsp3) is 0.500. The third-order valence-corrected chi connectivity index (χ3v) is 6.80. The number of thioether (sulfide) groups is 1. The van der Waals surface area contributed by atoms with E-state index in [4.69, 9.17) is 33.2 Å². The molecule has 2 saturated heterocycles. The molecular weight excluding hydrogens is 486 g/mol. The number of carbonyl (C=O) groups is 1. The monoisotopic (exact) mass is 519 g/mol. The SMILES string of the molecule is COCOc1cc(OCOC)c(C(=O)[C@H]2O[C@@H]2c2ccc(CN3CCSCC3)cc2)c(OCOC)c1. The maximum absolute atomic E-state index is 13.6. The van der Waals surface area contributed by atoms with E-state index in [1.807, 2.05) is 23.9 Å². The Bertz CT molecular complexity index is 967. The van der Waals surface area contributed by atoms with Gasteiger partial charge in [0.05, 0.1) is 0 Å². The molecule has 0 saturated carbocycles. The molecule has 2 atom stereocenters. The number of ether oxygens (including phenoxy) is 7. The fourth-order valence-electron chi connectivity index (χ4n) is 4.03. The second-order valence-electron chi connectivity index (χ2n) is 8.42. The minimum atomic E-state index is -0.643. The van der Waals surface area contributed by atoms with Gasteiger partial charge in [-0.25, -0.2) is 0 Å². The van der Waals surface area contributed by atoms with E-state index in [0.29, 0.717) is 5.75 Å². The van der Waals surface area contributed by atoms with E-state index >= 15 is 0 Å². The highest BCUT2D eigenvalue weighted by atomic mass is 32.2. The lowest BCUT2D eigenvalue weighted by atomic mass is 10.00. The van der Waals surface area contributed by atoms with Crippen LogP contribution in [-0.2, 0) is 25.5 Å². The van der Waals surface area contributed by atoms with E-state index in [-0.39, 0.29) is 49.3 Å². The second kappa shape index (κ2) is 13.3. The predicted molar refractivity (Wildman–Crippen MR) is 135 cm³/mol. The largest absolute Gasteiger partial charge is 0.467 e. The van der Waals surface area contributed by atoms with Gasteiger partial charge in [0.15, 0.2) is 26.5 Å². The first-order valence-corrected chi connectivity index (χ1v) is 12.9. The van der Waals surface area contributed by atoms with Crippen LogP contribution in [0.15, 0.2) is 36.4 Å². The molecule has 0 radical (unpaired) electrons. The Morgan fingerprint density at radius 2 is 1.50 bits per heavy atom. The zero-order chi connectivity index (χ0) is 25.3. The summed E-state index contributed by atoms with van der Waals surface area (Å²) in [5.74, 6) is 3.08. The topological polar surface area (TPSA) is 88.2 Å². The van der Waals surface area contributed by atoms with Gasteiger partial charge in [0.25, 0.3) is 0 Å². The molecule has 196 valence electrons. The summed E-state index contributed by atoms with van der Waals surface area (Å²) in [6.07, 6.45) is -0.969. The molecule has 9 nitrogen and oxygen atoms in total. The maximum Gasteiger partial charge on any atom is 0.202 e. The van der Waals surface area contributed by atoms with Crippen molar-refractivity contribution in [1.29, 1.82) is 0 Å². The van der Waals surface area contributed by atoms with Crippen molar-refractivity contribution >= 4 is 17.5 Å². The lowest BCUT2D eigenvalue weighted by Crippen LogP contribution is -2.31. The first-order chi connectivity index (χ1) is 17.6. The van der Waals surface area contributed by atoms with Gasteiger partial charge in [-0.15, -0.1) is 0 Å². The van der Waals surface area contributed by atoms with Crippen LogP contribution in [0, 0.1) is 0 Å². The molecule has 2 aliphatic heterocycles. The lowest BCUT2D eigenvalue weighted by Gasteiger charge is -2.26. The number of ketones is 1. The highest BCUT2D eigenvalue weighted by Crippen LogP contribution is 2.45. The van der Waals surface area contributed by atoms with Gasteiger partial charge in [-0.1, -0.05) is 24.3 Å². The average Bonchev–Trinajstić information content (AvgIpc) is 3.71. The number of hydrogen-bond acceptors (Lipinski definition) is 10. The van der Waals surface area contributed by atoms with Crippen molar-refractivity contribution in [3.05, 3.63) is 53.1 Å². The molecule has 2 aromatic rings. The van der Waals surface area contributed by atoms with Crippen molar-refractivity contribution in [2.45, 2.75) is 18.8 Å². The first-order valence-electron chi connectivity index (χ1n) is 11.8. The molecule has 4 rings (SSSR count). The molecular formula is C26H33NO8S. The van der Waals surface area contributed by atoms with E-state index in [9.17, 15) is 4.79 Å². The molecule has 2 fully saturated rings. The number of nitrogens with zero attached hydrogens (tertiary/aromatic N) is 1. The smallest absolute Gasteiger partial charge is 0.202 e. The minimum absolute atomic E-state index is 0.0290. The van der Waals surface area contributed by atoms with Crippen molar-refractivity contribution in [2.75, 3.05) is 66.3 Å². The molecule has 0 amide bonds. The number of benzene rings is 2. The molecule has 36 heavy (non-hydrogen) atoms. The van der Waals surface area contributed by atoms with Crippen molar-refractivity contribution in [2.24, 2.45) is 0 Å². The molecule has 2 heterocycles. The van der Waals surface area contributed by atoms with Crippen molar-refractivity contribution in [3.8, 4) is 17.2 Å². The van der Waals surface area contributed by atoms with Crippen LogP contribution in [-0.4, -0.2) is 83.1 Å². The van der Waals surface area contributed by atoms with Gasteiger partial charge in [0, 0.05) is 64.6 Å². The van der Waals surface area contributed by atoms with E-state index in [1.165, 1.54) is 38.4 Å². The summed E-state index contributed by atoms with van der Waals surface area (Å²) < 4.78 is 37.9. The highest BCUT2D eigenvalue weighted by Gasteiger charge is 2.48. The third kappa shape index (κ3) is 6.90. The Morgan fingerprint density at radius 3 is 2.08 bits per heavy atom. The Balaban J connectivity index is 1.50. The van der Waals surface area contributed by atoms with Crippen LogP contribution >= 0.6 is 11.8 Å². The van der Waals surface area contributed by atoms with Crippen LogP contribution in [0.5, 0.6) is 17.2 Å². The van der Waals surface area contributed by atoms with Gasteiger partial charge in [-0.3, -0.25) is 9.69 Å². The Hall–Kier alpha value is -2.34. The maximum atomic E-state index is 13.6. The van der Waals surface area contributed by atoms with Gasteiger partial charge >= 0.3 is 0 Å². The molecule has 0 spiro atoms. The summed E-state index contributed by atoms with van der Waals surface area (Å²) in [6, 6.07) is 11.5. The van der Waals surface area contributed by atoms with Crippen LogP contribution < -0.4 is 14.2 Å². The molecule has 2 aliphatic rings. The van der Waals surface area contributed by atoms with Crippen molar-refractivity contribution in [1.82, 2.24) is 4.90 Å². The number of rotatable bonds is 14. The Labute approximate surface area is 215 Å². The summed E-state index contributed by atoms with van der Waals surface area (Å²) >= 11 is 2.00. The zero-order valence-electron chi connectivity index (χ0n) is 20.9. The van der Waals surface area contributed by atoms with Gasteiger partial charge in [0.2, 0.25) is 5.78 Å². The Morgan fingerprint density at radius 1 is 0.917 bits per heavy atom. The quantitative estimate of drug-likeness (QED) is 0.210. The molecule has 2 aromatic carbocycles. The van der Waals surface area contributed by atoms with Crippen LogP contribution in [0.25, 0.3) is 0 Å². The Kier molecular flexibility index (Phi) is 9.85. The molecule has 0 aromatic heterocycles. The van der Waals surface area contributed by atoms with Crippen LogP contribution in [0.3, 0.4) is 0 Å². The minimum Gasteiger partial charge on any atom is -0.467 e. The van der Waals surface area contributed by atoms with Crippen LogP contribution in [0.1, 0.15) is 27.6 Å². The average molecular weight is 520 g/mol. The lowest BCUT2D eigenvalue weighted by molar-refractivity contribution is 0.0397. The standard InChI is InChI=1S/C26H33NO8S/c1-29-15-32-20-12-21(33-16-30-2)23(22(13-20)34-17-31-3)24(28)26-25(35-26)19-6-4-18(5-7-19)14-27-8-10-36-11-9-27/h4-7,12-13,25-26H,8-11,14-17H2,1-3H3/t25-,26-/m1/s1. The van der Waals surface area contributed by atoms with Gasteiger partial charge in [-0.2, -0.15) is 11.8 Å². The fourth-order valence-corrected chi connectivity index (χ4v) is 5.01. The predicted octanol–water partition coefficient (Wildman–Crippen LogP) is 3.51. The van der Waals surface area contributed by atoms with Gasteiger partial charge < -0.3 is 33.2 Å². The van der Waals surface area contributed by atoms with E-state index < -0.39 is 6.10 Å². The summed E-state index contributed by atoms with van der Waals surface area (Å²) in [6.45, 7) is 3.09. The molecule has 0 aliphatic carbocycles. The number of carbonyl (C=O) groups excluding carboxylic acids is 1. The second-order valence-corrected chi connectivity index (χ2v) is 9.64. The number of Topliss-reactive ketones (excluding diaryl/α,β-unsaturated/α-hetero) is 1. The van der Waals surface area contributed by atoms with E-state index in [1.54, 1.807) is 12.1 Å². The van der Waals surface area contributed by atoms with Crippen LogP contribution in [0.4, 0.5) is 0 Å². The van der Waals surface area contributed by atoms with E-state index in [0.717, 1.165) is 25.2 Å². The molecule has 0 bridgehead atoms. The molecule has 0 unspecified atom stereocenters. The highest BCUT2D eigenvalue weighted by molar-refractivity contribution is 7.99. The normalized spacial score (nSPS) is 19.6. The number of hydrogen-bond donors (Lipinski definition) is 0. The summed E-state index contributed by atoms with van der Waals surface area (Å²) in [4.78, 5) is 16.0. The van der Waals surface area contributed by atoms with Gasteiger partial charge in [0.1, 0.15) is 28.9 Å². The van der Waals surface area contributed by atoms with Crippen LogP contribution in [0.2, 0.25) is 0 Å². The summed E-state index contributed by atoms with van der Waals surface area (Å²) in [5, 5.41) is 0. The zero-order valence-corrected chi connectivity index (χ0v) is 21.7. The van der Waals surface area contributed by atoms with E-state index in [2.05, 4.69) is 17.0 Å². The summed E-state index contributed by atoms with van der Waals surface area (Å²) in [7, 11) is 4.53. The number of epoxide rings is 1. The number of methoxy groups -OCH3 is 3. The van der Waals surface area contributed by atoms with Crippen molar-refractivity contribution < 1.29 is 38.0 Å². The summed E-state index contributed by atoms with van der Waals surface area (Å²) in [5.41, 5.74) is 2.47. The molecule has 0 N–H and O–H groups in total. The van der Waals surface area contributed by atoms with Crippen molar-refractivity contribution in [3.63, 3.8) is 0 Å². The first kappa shape index (κ1) is 26.7. The molecule has 10 heteroatoms. The van der Waals surface area contributed by atoms with Gasteiger partial charge in [-0.05, 0) is 11.1 Å². The third-order valence-electron chi connectivity index (χ3n) is 5.86.